The Balaban J connectivity index is 1.90. The molecule has 0 atom stereocenters. The molecule has 2 aromatic carbocycles. The lowest BCUT2D eigenvalue weighted by molar-refractivity contribution is -0.116. The van der Waals surface area contributed by atoms with Crippen molar-refractivity contribution in [2.24, 2.45) is 0 Å². The summed E-state index contributed by atoms with van der Waals surface area (Å²) in [7, 11) is 0. The number of amides is 2. The number of nitrogens with one attached hydrogen (secondary N) is 2. The van der Waals surface area contributed by atoms with Crippen LogP contribution in [0.3, 0.4) is 0 Å². The summed E-state index contributed by atoms with van der Waals surface area (Å²) in [6.45, 7) is 4.90. The van der Waals surface area contributed by atoms with E-state index in [-0.39, 0.29) is 11.8 Å². The molecule has 0 heterocycles. The first-order valence-electron chi connectivity index (χ1n) is 10.1. The van der Waals surface area contributed by atoms with Gasteiger partial charge in [-0.05, 0) is 55.3 Å². The Morgan fingerprint density at radius 2 is 1.54 bits per heavy atom. The van der Waals surface area contributed by atoms with Gasteiger partial charge in [-0.15, -0.1) is 0 Å². The third-order valence-electron chi connectivity index (χ3n) is 4.29. The summed E-state index contributed by atoms with van der Waals surface area (Å²) in [6.07, 6.45) is 5.62. The molecule has 0 aliphatic rings. The average Bonchev–Trinajstić information content (AvgIpc) is 2.69. The van der Waals surface area contributed by atoms with E-state index in [0.29, 0.717) is 30.0 Å². The Kier molecular flexibility index (Phi) is 9.05. The lowest BCUT2D eigenvalue weighted by atomic mass is 10.2. The first-order valence-corrected chi connectivity index (χ1v) is 10.1. The third-order valence-corrected chi connectivity index (χ3v) is 4.29. The molecule has 5 nitrogen and oxygen atoms in total. The molecule has 0 spiro atoms. The fraction of sp³-hybridized carbons (Fsp3) is 0.391. The third kappa shape index (κ3) is 7.43. The molecular weight excluding hydrogens is 352 g/mol. The minimum atomic E-state index is -0.202. The molecule has 5 heteroatoms. The van der Waals surface area contributed by atoms with Crippen LogP contribution in [-0.4, -0.2) is 18.4 Å². The van der Waals surface area contributed by atoms with E-state index in [4.69, 9.17) is 4.74 Å². The molecule has 150 valence electrons. The summed E-state index contributed by atoms with van der Waals surface area (Å²) in [5.41, 5.74) is 1.87. The minimum absolute atomic E-state index is 0.00408. The zero-order chi connectivity index (χ0) is 20.2. The van der Waals surface area contributed by atoms with Gasteiger partial charge in [0.05, 0.1) is 6.61 Å². The lowest BCUT2D eigenvalue weighted by Gasteiger charge is -2.10. The Hall–Kier alpha value is -2.82. The van der Waals surface area contributed by atoms with Crippen LogP contribution < -0.4 is 15.4 Å². The molecule has 0 unspecified atom stereocenters. The zero-order valence-corrected chi connectivity index (χ0v) is 16.8. The summed E-state index contributed by atoms with van der Waals surface area (Å²) in [5.74, 6) is 0.555. The summed E-state index contributed by atoms with van der Waals surface area (Å²) in [6, 6.07) is 14.3. The van der Waals surface area contributed by atoms with Crippen LogP contribution in [0.2, 0.25) is 0 Å². The Morgan fingerprint density at radius 1 is 0.857 bits per heavy atom. The lowest BCUT2D eigenvalue weighted by Crippen LogP contribution is -2.13. The molecule has 0 aliphatic heterocycles. The van der Waals surface area contributed by atoms with E-state index in [0.717, 1.165) is 37.9 Å². The molecule has 2 aromatic rings. The van der Waals surface area contributed by atoms with Crippen molar-refractivity contribution >= 4 is 23.2 Å². The predicted octanol–water partition coefficient (Wildman–Crippen LogP) is 5.64. The smallest absolute Gasteiger partial charge is 0.255 e. The Bertz CT molecular complexity index is 757. The number of hydrogen-bond acceptors (Lipinski definition) is 3. The van der Waals surface area contributed by atoms with E-state index in [1.54, 1.807) is 36.4 Å². The molecule has 28 heavy (non-hydrogen) atoms. The van der Waals surface area contributed by atoms with Gasteiger partial charge in [-0.3, -0.25) is 9.59 Å². The number of ether oxygens (including phenoxy) is 1. The molecule has 2 amide bonds. The van der Waals surface area contributed by atoms with Crippen molar-refractivity contribution in [3.63, 3.8) is 0 Å². The summed E-state index contributed by atoms with van der Waals surface area (Å²) < 4.78 is 5.62. The summed E-state index contributed by atoms with van der Waals surface area (Å²) in [4.78, 5) is 24.4. The largest absolute Gasteiger partial charge is 0.494 e. The molecule has 2 N–H and O–H groups in total. The van der Waals surface area contributed by atoms with Crippen LogP contribution in [0, 0.1) is 0 Å². The van der Waals surface area contributed by atoms with E-state index < -0.39 is 0 Å². The number of anilines is 2. The Labute approximate surface area is 167 Å². The maximum absolute atomic E-state index is 12.5. The van der Waals surface area contributed by atoms with Gasteiger partial charge >= 0.3 is 0 Å². The minimum Gasteiger partial charge on any atom is -0.494 e. The first-order chi connectivity index (χ1) is 13.6. The molecular formula is C23H30N2O3. The van der Waals surface area contributed by atoms with Gasteiger partial charge < -0.3 is 15.4 Å². The van der Waals surface area contributed by atoms with Crippen LogP contribution in [-0.2, 0) is 4.79 Å². The Morgan fingerprint density at radius 3 is 2.21 bits per heavy atom. The molecule has 0 bridgehead atoms. The standard InChI is InChI=1S/C23H30N2O3/c1-3-5-7-11-22(26)24-19-9-8-10-20(17-19)25-23(27)18-12-14-21(15-13-18)28-16-6-4-2/h8-10,12-15,17H,3-7,11,16H2,1-2H3,(H,24,26)(H,25,27). The van der Waals surface area contributed by atoms with E-state index >= 15 is 0 Å². The van der Waals surface area contributed by atoms with Gasteiger partial charge in [0.15, 0.2) is 0 Å². The fourth-order valence-corrected chi connectivity index (χ4v) is 2.67. The number of carbonyl (C=O) groups excluding carboxylic acids is 2. The van der Waals surface area contributed by atoms with Crippen LogP contribution in [0.1, 0.15) is 62.7 Å². The van der Waals surface area contributed by atoms with Crippen LogP contribution in [0.25, 0.3) is 0 Å². The van der Waals surface area contributed by atoms with E-state index in [1.165, 1.54) is 0 Å². The number of carbonyl (C=O) groups is 2. The quantitative estimate of drug-likeness (QED) is 0.494. The van der Waals surface area contributed by atoms with Crippen LogP contribution in [0.4, 0.5) is 11.4 Å². The molecule has 0 radical (unpaired) electrons. The van der Waals surface area contributed by atoms with Crippen molar-refractivity contribution in [3.8, 4) is 5.75 Å². The van der Waals surface area contributed by atoms with Gasteiger partial charge in [0, 0.05) is 23.4 Å². The molecule has 0 fully saturated rings. The van der Waals surface area contributed by atoms with Crippen molar-refractivity contribution in [1.82, 2.24) is 0 Å². The number of benzene rings is 2. The van der Waals surface area contributed by atoms with E-state index in [2.05, 4.69) is 24.5 Å². The molecule has 0 aromatic heterocycles. The van der Waals surface area contributed by atoms with Gasteiger partial charge in [0.25, 0.3) is 5.91 Å². The molecule has 0 saturated heterocycles. The van der Waals surface area contributed by atoms with Crippen LogP contribution in [0.15, 0.2) is 48.5 Å². The predicted molar refractivity (Wildman–Crippen MR) is 114 cm³/mol. The van der Waals surface area contributed by atoms with Gasteiger partial charge in [-0.25, -0.2) is 0 Å². The van der Waals surface area contributed by atoms with Crippen LogP contribution in [0.5, 0.6) is 5.75 Å². The van der Waals surface area contributed by atoms with Crippen molar-refractivity contribution in [3.05, 3.63) is 54.1 Å². The maximum Gasteiger partial charge on any atom is 0.255 e. The zero-order valence-electron chi connectivity index (χ0n) is 16.8. The highest BCUT2D eigenvalue weighted by atomic mass is 16.5. The SMILES string of the molecule is CCCCCC(=O)Nc1cccc(NC(=O)c2ccc(OCCCC)cc2)c1. The first kappa shape index (κ1) is 21.5. The molecule has 0 saturated carbocycles. The van der Waals surface area contributed by atoms with Crippen molar-refractivity contribution in [1.29, 1.82) is 0 Å². The van der Waals surface area contributed by atoms with Gasteiger partial charge in [-0.2, -0.15) is 0 Å². The van der Waals surface area contributed by atoms with Crippen LogP contribution >= 0.6 is 0 Å². The monoisotopic (exact) mass is 382 g/mol. The fourth-order valence-electron chi connectivity index (χ4n) is 2.67. The molecule has 2 rings (SSSR count). The van der Waals surface area contributed by atoms with Crippen molar-refractivity contribution in [2.45, 2.75) is 52.4 Å². The highest BCUT2D eigenvalue weighted by molar-refractivity contribution is 6.04. The average molecular weight is 383 g/mol. The van der Waals surface area contributed by atoms with Gasteiger partial charge in [0.1, 0.15) is 5.75 Å². The normalized spacial score (nSPS) is 10.4. The van der Waals surface area contributed by atoms with E-state index in [1.807, 2.05) is 12.1 Å². The van der Waals surface area contributed by atoms with Crippen molar-refractivity contribution < 1.29 is 14.3 Å². The highest BCUT2D eigenvalue weighted by Crippen LogP contribution is 2.18. The summed E-state index contributed by atoms with van der Waals surface area (Å²) >= 11 is 0. The second-order valence-corrected chi connectivity index (χ2v) is 6.77. The van der Waals surface area contributed by atoms with Gasteiger partial charge in [0.2, 0.25) is 5.91 Å². The highest BCUT2D eigenvalue weighted by Gasteiger charge is 2.08. The topological polar surface area (TPSA) is 67.4 Å². The number of unbranched alkanes of at least 4 members (excludes halogenated alkanes) is 3. The maximum atomic E-state index is 12.5. The summed E-state index contributed by atoms with van der Waals surface area (Å²) in [5, 5.41) is 5.74. The number of hydrogen-bond donors (Lipinski definition) is 2. The molecule has 0 aliphatic carbocycles. The van der Waals surface area contributed by atoms with Crippen molar-refractivity contribution in [2.75, 3.05) is 17.2 Å². The van der Waals surface area contributed by atoms with Gasteiger partial charge in [-0.1, -0.05) is 39.2 Å². The second kappa shape index (κ2) is 11.8. The number of rotatable bonds is 11. The van der Waals surface area contributed by atoms with E-state index in [9.17, 15) is 9.59 Å². The second-order valence-electron chi connectivity index (χ2n) is 6.77.